The molecule has 0 aliphatic carbocycles. The van der Waals surface area contributed by atoms with Crippen molar-refractivity contribution < 1.29 is 19.2 Å². The van der Waals surface area contributed by atoms with Crippen LogP contribution in [0.5, 0.6) is 0 Å². The van der Waals surface area contributed by atoms with Crippen molar-refractivity contribution in [2.75, 3.05) is 5.32 Å². The Bertz CT molecular complexity index is 629. The summed E-state index contributed by atoms with van der Waals surface area (Å²) in [5.74, 6) is -0.803. The van der Waals surface area contributed by atoms with E-state index in [1.54, 1.807) is 0 Å². The van der Waals surface area contributed by atoms with Gasteiger partial charge in [-0.25, -0.2) is 9.59 Å². The van der Waals surface area contributed by atoms with E-state index in [9.17, 15) is 9.59 Å². The van der Waals surface area contributed by atoms with Crippen LogP contribution in [0, 0.1) is 0 Å². The highest BCUT2D eigenvalue weighted by Crippen LogP contribution is 2.22. The Labute approximate surface area is 117 Å². The zero-order valence-electron chi connectivity index (χ0n) is 9.96. The summed E-state index contributed by atoms with van der Waals surface area (Å²) in [6.07, 6.45) is 1.14. The molecule has 2 aromatic rings. The number of hydrogen-bond acceptors (Lipinski definition) is 5. The standard InChI is InChI=1S/C11H9ClN4O4/c12-7-2-1-6(10(17)18)3-8(7)15-11(19)13-4-9-14-5-20-16-9/h1-3,5H,4H2,(H,17,18)(H2,13,15,19). The fourth-order valence-electron chi connectivity index (χ4n) is 1.35. The van der Waals surface area contributed by atoms with Gasteiger partial charge in [-0.2, -0.15) is 4.98 Å². The van der Waals surface area contributed by atoms with Gasteiger partial charge in [-0.15, -0.1) is 0 Å². The molecule has 1 aromatic carbocycles. The van der Waals surface area contributed by atoms with Gasteiger partial charge in [0, 0.05) is 0 Å². The van der Waals surface area contributed by atoms with E-state index in [4.69, 9.17) is 16.7 Å². The monoisotopic (exact) mass is 296 g/mol. The first-order chi connectivity index (χ1) is 9.56. The van der Waals surface area contributed by atoms with Crippen LogP contribution in [0.4, 0.5) is 10.5 Å². The van der Waals surface area contributed by atoms with E-state index in [0.29, 0.717) is 5.82 Å². The molecule has 0 spiro atoms. The van der Waals surface area contributed by atoms with Gasteiger partial charge in [-0.05, 0) is 18.2 Å². The third-order valence-electron chi connectivity index (χ3n) is 2.28. The minimum Gasteiger partial charge on any atom is -0.478 e. The number of carbonyl (C=O) groups is 2. The van der Waals surface area contributed by atoms with E-state index >= 15 is 0 Å². The van der Waals surface area contributed by atoms with Crippen LogP contribution >= 0.6 is 11.6 Å². The number of carboxylic acids is 1. The van der Waals surface area contributed by atoms with E-state index in [0.717, 1.165) is 6.39 Å². The molecule has 20 heavy (non-hydrogen) atoms. The van der Waals surface area contributed by atoms with Gasteiger partial charge in [0.2, 0.25) is 6.39 Å². The van der Waals surface area contributed by atoms with Gasteiger partial charge >= 0.3 is 12.0 Å². The number of urea groups is 1. The first-order valence-electron chi connectivity index (χ1n) is 5.39. The van der Waals surface area contributed by atoms with Crippen molar-refractivity contribution >= 4 is 29.3 Å². The van der Waals surface area contributed by atoms with E-state index in [2.05, 4.69) is 25.3 Å². The molecule has 2 rings (SSSR count). The van der Waals surface area contributed by atoms with Crippen molar-refractivity contribution in [2.24, 2.45) is 0 Å². The summed E-state index contributed by atoms with van der Waals surface area (Å²) < 4.78 is 4.51. The van der Waals surface area contributed by atoms with Crippen molar-refractivity contribution in [1.29, 1.82) is 0 Å². The Morgan fingerprint density at radius 2 is 2.20 bits per heavy atom. The Balaban J connectivity index is 2.00. The third-order valence-corrected chi connectivity index (χ3v) is 2.61. The number of nitrogens with zero attached hydrogens (tertiary/aromatic N) is 2. The van der Waals surface area contributed by atoms with Crippen LogP contribution in [0.3, 0.4) is 0 Å². The van der Waals surface area contributed by atoms with Crippen LogP contribution in [0.25, 0.3) is 0 Å². The quantitative estimate of drug-likeness (QED) is 0.791. The maximum atomic E-state index is 11.6. The number of carboxylic acid groups (broad SMARTS) is 1. The van der Waals surface area contributed by atoms with Gasteiger partial charge in [0.1, 0.15) is 0 Å². The van der Waals surface area contributed by atoms with Crippen molar-refractivity contribution in [1.82, 2.24) is 15.5 Å². The largest absolute Gasteiger partial charge is 0.478 e. The number of benzene rings is 1. The zero-order valence-corrected chi connectivity index (χ0v) is 10.7. The molecule has 0 atom stereocenters. The molecule has 0 saturated carbocycles. The van der Waals surface area contributed by atoms with Crippen LogP contribution in [0.15, 0.2) is 29.1 Å². The normalized spacial score (nSPS) is 10.1. The first-order valence-corrected chi connectivity index (χ1v) is 5.77. The van der Waals surface area contributed by atoms with Gasteiger partial charge in [0.25, 0.3) is 0 Å². The second-order valence-electron chi connectivity index (χ2n) is 3.65. The summed E-state index contributed by atoms with van der Waals surface area (Å²) in [6.45, 7) is 0.0680. The van der Waals surface area contributed by atoms with E-state index < -0.39 is 12.0 Å². The molecule has 104 valence electrons. The summed E-state index contributed by atoms with van der Waals surface area (Å²) in [6, 6.07) is 3.42. The zero-order chi connectivity index (χ0) is 14.5. The van der Waals surface area contributed by atoms with Crippen molar-refractivity contribution in [3.63, 3.8) is 0 Å². The predicted molar refractivity (Wildman–Crippen MR) is 68.6 cm³/mol. The van der Waals surface area contributed by atoms with Crippen LogP contribution in [0.2, 0.25) is 5.02 Å². The van der Waals surface area contributed by atoms with Crippen molar-refractivity contribution in [3.8, 4) is 0 Å². The van der Waals surface area contributed by atoms with Gasteiger partial charge in [-0.3, -0.25) is 0 Å². The number of carbonyl (C=O) groups excluding carboxylic acids is 1. The molecular weight excluding hydrogens is 288 g/mol. The lowest BCUT2D eigenvalue weighted by atomic mass is 10.2. The number of nitrogens with one attached hydrogen (secondary N) is 2. The maximum Gasteiger partial charge on any atom is 0.335 e. The Morgan fingerprint density at radius 3 is 2.85 bits per heavy atom. The van der Waals surface area contributed by atoms with Crippen molar-refractivity contribution in [3.05, 3.63) is 41.0 Å². The lowest BCUT2D eigenvalue weighted by molar-refractivity contribution is 0.0697. The summed E-state index contributed by atoms with van der Waals surface area (Å²) in [5, 5.41) is 17.5. The van der Waals surface area contributed by atoms with E-state index in [-0.39, 0.29) is 22.8 Å². The fourth-order valence-corrected chi connectivity index (χ4v) is 1.52. The Morgan fingerprint density at radius 1 is 1.40 bits per heavy atom. The number of halogens is 1. The molecule has 1 heterocycles. The highest BCUT2D eigenvalue weighted by atomic mass is 35.5. The van der Waals surface area contributed by atoms with Gasteiger partial charge in [-0.1, -0.05) is 16.8 Å². The van der Waals surface area contributed by atoms with Crippen LogP contribution in [-0.2, 0) is 6.54 Å². The Hall–Kier alpha value is -2.61. The lowest BCUT2D eigenvalue weighted by Crippen LogP contribution is -2.28. The summed E-state index contributed by atoms with van der Waals surface area (Å²) in [5.41, 5.74) is 0.208. The minimum atomic E-state index is -1.11. The molecule has 0 saturated heterocycles. The molecule has 1 aromatic heterocycles. The highest BCUT2D eigenvalue weighted by molar-refractivity contribution is 6.33. The summed E-state index contributed by atoms with van der Waals surface area (Å²) in [4.78, 5) is 26.2. The maximum absolute atomic E-state index is 11.6. The number of aromatic nitrogens is 2. The molecule has 0 fully saturated rings. The second-order valence-corrected chi connectivity index (χ2v) is 4.06. The summed E-state index contributed by atoms with van der Waals surface area (Å²) in [7, 11) is 0. The number of amides is 2. The molecule has 0 bridgehead atoms. The van der Waals surface area contributed by atoms with Crippen molar-refractivity contribution in [2.45, 2.75) is 6.54 Å². The molecule has 3 N–H and O–H groups in total. The highest BCUT2D eigenvalue weighted by Gasteiger charge is 2.10. The summed E-state index contributed by atoms with van der Waals surface area (Å²) >= 11 is 5.87. The molecule has 9 heteroatoms. The average Bonchev–Trinajstić information content (AvgIpc) is 2.92. The molecular formula is C11H9ClN4O4. The molecule has 0 aliphatic rings. The van der Waals surface area contributed by atoms with Gasteiger partial charge in [0.15, 0.2) is 5.82 Å². The average molecular weight is 297 g/mol. The molecule has 2 amide bonds. The number of hydrogen-bond donors (Lipinski definition) is 3. The SMILES string of the molecule is O=C(NCc1ncon1)Nc1cc(C(=O)O)ccc1Cl. The van der Waals surface area contributed by atoms with Gasteiger partial charge in [0.05, 0.1) is 22.8 Å². The van der Waals surface area contributed by atoms with Crippen LogP contribution in [0.1, 0.15) is 16.2 Å². The minimum absolute atomic E-state index is 0.0165. The Kier molecular flexibility index (Phi) is 4.16. The second kappa shape index (κ2) is 6.02. The molecule has 0 unspecified atom stereocenters. The topological polar surface area (TPSA) is 117 Å². The van der Waals surface area contributed by atoms with E-state index in [1.165, 1.54) is 18.2 Å². The lowest BCUT2D eigenvalue weighted by Gasteiger charge is -2.08. The predicted octanol–water partition coefficient (Wildman–Crippen LogP) is 1.74. The number of anilines is 1. The van der Waals surface area contributed by atoms with Gasteiger partial charge < -0.3 is 20.3 Å². The fraction of sp³-hybridized carbons (Fsp3) is 0.0909. The number of aromatic carboxylic acids is 1. The molecule has 8 nitrogen and oxygen atoms in total. The van der Waals surface area contributed by atoms with Crippen LogP contribution < -0.4 is 10.6 Å². The van der Waals surface area contributed by atoms with Crippen LogP contribution in [-0.4, -0.2) is 27.2 Å². The molecule has 0 radical (unpaired) electrons. The number of rotatable bonds is 4. The first kappa shape index (κ1) is 13.8. The van der Waals surface area contributed by atoms with E-state index in [1.807, 2.05) is 0 Å². The molecule has 0 aliphatic heterocycles. The third kappa shape index (κ3) is 3.45. The smallest absolute Gasteiger partial charge is 0.335 e.